The van der Waals surface area contributed by atoms with Crippen molar-refractivity contribution in [2.24, 2.45) is 5.92 Å². The Morgan fingerprint density at radius 3 is 2.94 bits per heavy atom. The van der Waals surface area contributed by atoms with E-state index in [0.29, 0.717) is 0 Å². The van der Waals surface area contributed by atoms with Crippen molar-refractivity contribution in [1.29, 1.82) is 0 Å². The first kappa shape index (κ1) is 13.4. The van der Waals surface area contributed by atoms with Crippen molar-refractivity contribution in [2.75, 3.05) is 6.61 Å². The van der Waals surface area contributed by atoms with E-state index in [2.05, 4.69) is 21.2 Å². The molecule has 2 rings (SSSR count). The second kappa shape index (κ2) is 5.71. The molecule has 1 aromatic rings. The number of aliphatic hydroxyl groups excluding tert-OH is 1. The number of hydrogen-bond donors (Lipinski definition) is 3. The van der Waals surface area contributed by atoms with E-state index in [9.17, 15) is 15.0 Å². The lowest BCUT2D eigenvalue weighted by Crippen LogP contribution is -2.38. The molecule has 1 aliphatic rings. The highest BCUT2D eigenvalue weighted by Crippen LogP contribution is 2.27. The van der Waals surface area contributed by atoms with Crippen molar-refractivity contribution in [3.8, 4) is 5.75 Å². The summed E-state index contributed by atoms with van der Waals surface area (Å²) in [7, 11) is 0. The Morgan fingerprint density at radius 1 is 1.44 bits per heavy atom. The predicted molar refractivity (Wildman–Crippen MR) is 71.5 cm³/mol. The van der Waals surface area contributed by atoms with Crippen LogP contribution < -0.4 is 5.32 Å². The van der Waals surface area contributed by atoms with Gasteiger partial charge in [-0.05, 0) is 31.0 Å². The summed E-state index contributed by atoms with van der Waals surface area (Å²) in [6, 6.07) is 4.75. The second-order valence-corrected chi connectivity index (χ2v) is 5.53. The molecule has 18 heavy (non-hydrogen) atoms. The first-order valence-corrected chi connectivity index (χ1v) is 6.81. The molecule has 0 aromatic heterocycles. The average molecular weight is 314 g/mol. The summed E-state index contributed by atoms with van der Waals surface area (Å²) in [5, 5.41) is 21.8. The zero-order valence-electron chi connectivity index (χ0n) is 9.90. The summed E-state index contributed by atoms with van der Waals surface area (Å²) in [6.07, 6.45) is 2.83. The van der Waals surface area contributed by atoms with E-state index in [1.165, 1.54) is 6.07 Å². The molecule has 0 spiro atoms. The zero-order chi connectivity index (χ0) is 13.1. The summed E-state index contributed by atoms with van der Waals surface area (Å²) in [5.41, 5.74) is 0.257. The van der Waals surface area contributed by atoms with Crippen LogP contribution >= 0.6 is 15.9 Å². The zero-order valence-corrected chi connectivity index (χ0v) is 11.5. The van der Waals surface area contributed by atoms with Crippen LogP contribution in [0.1, 0.15) is 29.6 Å². The lowest BCUT2D eigenvalue weighted by atomic mass is 10.0. The summed E-state index contributed by atoms with van der Waals surface area (Å²) in [6.45, 7) is 0.0927. The maximum Gasteiger partial charge on any atom is 0.255 e. The van der Waals surface area contributed by atoms with E-state index < -0.39 is 0 Å². The molecule has 4 nitrogen and oxygen atoms in total. The van der Waals surface area contributed by atoms with E-state index in [1.54, 1.807) is 12.1 Å². The molecule has 3 N–H and O–H groups in total. The maximum absolute atomic E-state index is 12.1. The van der Waals surface area contributed by atoms with Gasteiger partial charge in [-0.1, -0.05) is 22.4 Å². The number of aliphatic hydroxyl groups is 1. The molecule has 1 fully saturated rings. The van der Waals surface area contributed by atoms with Gasteiger partial charge in [0.25, 0.3) is 5.91 Å². The third-order valence-electron chi connectivity index (χ3n) is 3.41. The van der Waals surface area contributed by atoms with E-state index >= 15 is 0 Å². The first-order chi connectivity index (χ1) is 8.61. The molecule has 1 aliphatic carbocycles. The molecule has 98 valence electrons. The van der Waals surface area contributed by atoms with Gasteiger partial charge in [-0.2, -0.15) is 0 Å². The molecular formula is C13H16BrNO3. The number of phenols is 1. The number of nitrogens with one attached hydrogen (secondary N) is 1. The molecule has 0 saturated heterocycles. The number of carbonyl (C=O) groups is 1. The van der Waals surface area contributed by atoms with Gasteiger partial charge in [0.1, 0.15) is 5.75 Å². The first-order valence-electron chi connectivity index (χ1n) is 6.02. The standard InChI is InChI=1S/C13H16BrNO3/c14-9-4-5-12(17)10(6-9)13(18)15-11-3-1-2-8(11)7-16/h4-6,8,11,16-17H,1-3,7H2,(H,15,18). The Labute approximate surface area is 114 Å². The number of phenolic OH excluding ortho intramolecular Hbond substituents is 1. The van der Waals surface area contributed by atoms with Crippen molar-refractivity contribution in [2.45, 2.75) is 25.3 Å². The third kappa shape index (κ3) is 2.84. The molecular weight excluding hydrogens is 298 g/mol. The Kier molecular flexibility index (Phi) is 4.24. The number of hydrogen-bond acceptors (Lipinski definition) is 3. The van der Waals surface area contributed by atoms with Crippen molar-refractivity contribution < 1.29 is 15.0 Å². The van der Waals surface area contributed by atoms with Crippen LogP contribution in [0.3, 0.4) is 0 Å². The molecule has 0 aliphatic heterocycles. The molecule has 0 bridgehead atoms. The molecule has 5 heteroatoms. The van der Waals surface area contributed by atoms with Gasteiger partial charge in [-0.15, -0.1) is 0 Å². The summed E-state index contributed by atoms with van der Waals surface area (Å²) in [4.78, 5) is 12.1. The Hall–Kier alpha value is -1.07. The summed E-state index contributed by atoms with van der Waals surface area (Å²) >= 11 is 3.27. The monoisotopic (exact) mass is 313 g/mol. The average Bonchev–Trinajstić information content (AvgIpc) is 2.79. The minimum atomic E-state index is -0.292. The largest absolute Gasteiger partial charge is 0.507 e. The Balaban J connectivity index is 2.09. The smallest absolute Gasteiger partial charge is 0.255 e. The van der Waals surface area contributed by atoms with Crippen molar-refractivity contribution >= 4 is 21.8 Å². The lowest BCUT2D eigenvalue weighted by molar-refractivity contribution is 0.0913. The van der Waals surface area contributed by atoms with E-state index in [-0.39, 0.29) is 35.8 Å². The Morgan fingerprint density at radius 2 is 2.22 bits per heavy atom. The topological polar surface area (TPSA) is 69.6 Å². The van der Waals surface area contributed by atoms with Gasteiger partial charge in [-0.25, -0.2) is 0 Å². The minimum absolute atomic E-state index is 0.000816. The van der Waals surface area contributed by atoms with Crippen LogP contribution in [-0.4, -0.2) is 28.8 Å². The van der Waals surface area contributed by atoms with E-state index in [4.69, 9.17) is 0 Å². The number of rotatable bonds is 3. The van der Waals surface area contributed by atoms with Crippen LogP contribution in [0.5, 0.6) is 5.75 Å². The highest BCUT2D eigenvalue weighted by atomic mass is 79.9. The van der Waals surface area contributed by atoms with Gasteiger partial charge < -0.3 is 15.5 Å². The van der Waals surface area contributed by atoms with Crippen LogP contribution in [0.15, 0.2) is 22.7 Å². The minimum Gasteiger partial charge on any atom is -0.507 e. The summed E-state index contributed by atoms with van der Waals surface area (Å²) < 4.78 is 0.746. The fraction of sp³-hybridized carbons (Fsp3) is 0.462. The number of halogens is 1. The fourth-order valence-corrected chi connectivity index (χ4v) is 2.74. The Bertz CT molecular complexity index is 450. The number of carbonyl (C=O) groups excluding carboxylic acids is 1. The second-order valence-electron chi connectivity index (χ2n) is 4.61. The molecule has 0 heterocycles. The van der Waals surface area contributed by atoms with E-state index in [1.807, 2.05) is 0 Å². The van der Waals surface area contributed by atoms with Gasteiger partial charge in [0, 0.05) is 23.0 Å². The molecule has 2 atom stereocenters. The maximum atomic E-state index is 12.1. The van der Waals surface area contributed by atoms with Crippen molar-refractivity contribution in [3.05, 3.63) is 28.2 Å². The SMILES string of the molecule is O=C(NC1CCCC1CO)c1cc(Br)ccc1O. The van der Waals surface area contributed by atoms with Crippen LogP contribution in [-0.2, 0) is 0 Å². The van der Waals surface area contributed by atoms with Gasteiger partial charge in [0.05, 0.1) is 5.56 Å². The highest BCUT2D eigenvalue weighted by Gasteiger charge is 2.28. The molecule has 1 amide bonds. The number of aromatic hydroxyl groups is 1. The van der Waals surface area contributed by atoms with Crippen LogP contribution in [0.2, 0.25) is 0 Å². The molecule has 1 saturated carbocycles. The predicted octanol–water partition coefficient (Wildman–Crippen LogP) is 2.05. The fourth-order valence-electron chi connectivity index (χ4n) is 2.38. The van der Waals surface area contributed by atoms with Crippen molar-refractivity contribution in [1.82, 2.24) is 5.32 Å². The normalized spacial score (nSPS) is 23.0. The van der Waals surface area contributed by atoms with Gasteiger partial charge in [-0.3, -0.25) is 4.79 Å². The van der Waals surface area contributed by atoms with Crippen LogP contribution in [0.25, 0.3) is 0 Å². The van der Waals surface area contributed by atoms with Gasteiger partial charge in [0.15, 0.2) is 0 Å². The van der Waals surface area contributed by atoms with E-state index in [0.717, 1.165) is 23.7 Å². The molecule has 2 unspecified atom stereocenters. The highest BCUT2D eigenvalue weighted by molar-refractivity contribution is 9.10. The summed E-state index contributed by atoms with van der Waals surface area (Å²) in [5.74, 6) is -0.198. The van der Waals surface area contributed by atoms with Crippen molar-refractivity contribution in [3.63, 3.8) is 0 Å². The molecule has 1 aromatic carbocycles. The van der Waals surface area contributed by atoms with Gasteiger partial charge in [0.2, 0.25) is 0 Å². The van der Waals surface area contributed by atoms with Gasteiger partial charge >= 0.3 is 0 Å². The quantitative estimate of drug-likeness (QED) is 0.800. The lowest BCUT2D eigenvalue weighted by Gasteiger charge is -2.19. The number of benzene rings is 1. The van der Waals surface area contributed by atoms with Crippen LogP contribution in [0, 0.1) is 5.92 Å². The molecule has 0 radical (unpaired) electrons. The number of amides is 1. The third-order valence-corrected chi connectivity index (χ3v) is 3.91. The van der Waals surface area contributed by atoms with Crippen LogP contribution in [0.4, 0.5) is 0 Å².